The highest BCUT2D eigenvalue weighted by Gasteiger charge is 2.42. The zero-order valence-electron chi connectivity index (χ0n) is 11.1. The fourth-order valence-corrected chi connectivity index (χ4v) is 3.56. The van der Waals surface area contributed by atoms with E-state index in [1.54, 1.807) is 0 Å². The van der Waals surface area contributed by atoms with Crippen molar-refractivity contribution in [3.8, 4) is 0 Å². The Hall–Kier alpha value is -0.250. The topological polar surface area (TPSA) is 12.0 Å². The van der Waals surface area contributed by atoms with E-state index in [-0.39, 0.29) is 6.54 Å². The predicted octanol–water partition coefficient (Wildman–Crippen LogP) is 4.13. The Morgan fingerprint density at radius 3 is 2.11 bits per heavy atom. The van der Waals surface area contributed by atoms with Gasteiger partial charge in [0.1, 0.15) is 0 Å². The van der Waals surface area contributed by atoms with Crippen LogP contribution in [0.25, 0.3) is 0 Å². The SMILES string of the molecule is CCC1CCC(C2CCC(C(F)(F)F)CN2)CC1. The van der Waals surface area contributed by atoms with Crippen LogP contribution in [0.2, 0.25) is 0 Å². The molecule has 2 fully saturated rings. The summed E-state index contributed by atoms with van der Waals surface area (Å²) in [5, 5.41) is 3.16. The first kappa shape index (κ1) is 14.2. The largest absolute Gasteiger partial charge is 0.393 e. The number of rotatable bonds is 2. The van der Waals surface area contributed by atoms with Crippen molar-refractivity contribution >= 4 is 0 Å². The van der Waals surface area contributed by atoms with Gasteiger partial charge in [0.05, 0.1) is 5.92 Å². The van der Waals surface area contributed by atoms with Crippen LogP contribution >= 0.6 is 0 Å². The molecule has 0 aromatic rings. The van der Waals surface area contributed by atoms with E-state index in [9.17, 15) is 13.2 Å². The van der Waals surface area contributed by atoms with E-state index in [1.807, 2.05) is 0 Å². The summed E-state index contributed by atoms with van der Waals surface area (Å²) in [6, 6.07) is 0.335. The summed E-state index contributed by atoms with van der Waals surface area (Å²) in [5.41, 5.74) is 0. The molecule has 2 unspecified atom stereocenters. The van der Waals surface area contributed by atoms with Crippen LogP contribution in [0.1, 0.15) is 51.9 Å². The number of alkyl halides is 3. The average molecular weight is 263 g/mol. The average Bonchev–Trinajstić information content (AvgIpc) is 2.38. The summed E-state index contributed by atoms with van der Waals surface area (Å²) in [5.74, 6) is 0.343. The number of halogens is 3. The number of hydrogen-bond donors (Lipinski definition) is 1. The van der Waals surface area contributed by atoms with E-state index < -0.39 is 12.1 Å². The van der Waals surface area contributed by atoms with Crippen LogP contribution in [0.4, 0.5) is 13.2 Å². The molecule has 1 aliphatic heterocycles. The Labute approximate surface area is 108 Å². The molecule has 0 spiro atoms. The minimum Gasteiger partial charge on any atom is -0.313 e. The minimum atomic E-state index is -4.02. The summed E-state index contributed by atoms with van der Waals surface area (Å²) in [4.78, 5) is 0. The van der Waals surface area contributed by atoms with Crippen molar-refractivity contribution in [3.63, 3.8) is 0 Å². The van der Waals surface area contributed by atoms with E-state index in [2.05, 4.69) is 12.2 Å². The minimum absolute atomic E-state index is 0.127. The van der Waals surface area contributed by atoms with Gasteiger partial charge >= 0.3 is 6.18 Å². The van der Waals surface area contributed by atoms with Crippen molar-refractivity contribution < 1.29 is 13.2 Å². The molecule has 0 aromatic carbocycles. The second-order valence-corrected chi connectivity index (χ2v) is 6.02. The standard InChI is InChI=1S/C14H24F3N/c1-2-10-3-5-11(6-4-10)13-8-7-12(9-18-13)14(15,16)17/h10-13,18H,2-9H2,1H3. The Morgan fingerprint density at radius 2 is 1.67 bits per heavy atom. The van der Waals surface area contributed by atoms with Gasteiger partial charge < -0.3 is 5.32 Å². The molecule has 2 aliphatic rings. The zero-order chi connectivity index (χ0) is 13.2. The van der Waals surface area contributed by atoms with Gasteiger partial charge in [-0.3, -0.25) is 0 Å². The first-order valence-electron chi connectivity index (χ1n) is 7.30. The number of piperidine rings is 1. The lowest BCUT2D eigenvalue weighted by Gasteiger charge is -2.38. The quantitative estimate of drug-likeness (QED) is 0.789. The van der Waals surface area contributed by atoms with Crippen molar-refractivity contribution in [3.05, 3.63) is 0 Å². The van der Waals surface area contributed by atoms with Gasteiger partial charge in [-0.05, 0) is 37.5 Å². The van der Waals surface area contributed by atoms with Crippen LogP contribution in [-0.4, -0.2) is 18.8 Å². The molecule has 1 nitrogen and oxygen atoms in total. The molecule has 106 valence electrons. The third-order valence-corrected chi connectivity index (χ3v) is 4.95. The highest BCUT2D eigenvalue weighted by Crippen LogP contribution is 2.37. The lowest BCUT2D eigenvalue weighted by molar-refractivity contribution is -0.180. The summed E-state index contributed by atoms with van der Waals surface area (Å²) in [7, 11) is 0. The third kappa shape index (κ3) is 3.40. The van der Waals surface area contributed by atoms with E-state index in [0.717, 1.165) is 5.92 Å². The van der Waals surface area contributed by atoms with Crippen LogP contribution in [0.5, 0.6) is 0 Å². The molecule has 0 bridgehead atoms. The first-order valence-corrected chi connectivity index (χ1v) is 7.30. The van der Waals surface area contributed by atoms with E-state index in [1.165, 1.54) is 32.1 Å². The highest BCUT2D eigenvalue weighted by atomic mass is 19.4. The second kappa shape index (κ2) is 5.81. The molecular formula is C14H24F3N. The lowest BCUT2D eigenvalue weighted by atomic mass is 9.75. The van der Waals surface area contributed by atoms with Gasteiger partial charge in [0.25, 0.3) is 0 Å². The molecule has 2 atom stereocenters. The number of nitrogens with one attached hydrogen (secondary N) is 1. The molecule has 0 radical (unpaired) electrons. The molecule has 2 rings (SSSR count). The lowest BCUT2D eigenvalue weighted by Crippen LogP contribution is -2.48. The zero-order valence-corrected chi connectivity index (χ0v) is 11.1. The molecule has 4 heteroatoms. The summed E-state index contributed by atoms with van der Waals surface area (Å²) in [6.07, 6.45) is 3.18. The molecule has 1 N–H and O–H groups in total. The van der Waals surface area contributed by atoms with Gasteiger partial charge in [0.15, 0.2) is 0 Å². The van der Waals surface area contributed by atoms with E-state index in [4.69, 9.17) is 0 Å². The fraction of sp³-hybridized carbons (Fsp3) is 1.00. The molecule has 1 heterocycles. The van der Waals surface area contributed by atoms with Crippen LogP contribution < -0.4 is 5.32 Å². The van der Waals surface area contributed by atoms with Crippen LogP contribution in [0.15, 0.2) is 0 Å². The van der Waals surface area contributed by atoms with Crippen molar-refractivity contribution in [1.29, 1.82) is 0 Å². The molecule has 1 saturated carbocycles. The normalized spacial score (nSPS) is 38.7. The van der Waals surface area contributed by atoms with Gasteiger partial charge in [-0.15, -0.1) is 0 Å². The maximum atomic E-state index is 12.6. The van der Waals surface area contributed by atoms with Gasteiger partial charge in [0, 0.05) is 12.6 Å². The van der Waals surface area contributed by atoms with Gasteiger partial charge in [-0.1, -0.05) is 26.2 Å². The molecule has 0 aromatic heterocycles. The maximum absolute atomic E-state index is 12.6. The Kier molecular flexibility index (Phi) is 4.57. The van der Waals surface area contributed by atoms with Crippen LogP contribution in [-0.2, 0) is 0 Å². The van der Waals surface area contributed by atoms with E-state index in [0.29, 0.717) is 24.8 Å². The van der Waals surface area contributed by atoms with Crippen LogP contribution in [0, 0.1) is 17.8 Å². The first-order chi connectivity index (χ1) is 8.50. The molecule has 18 heavy (non-hydrogen) atoms. The van der Waals surface area contributed by atoms with Crippen molar-refractivity contribution in [2.75, 3.05) is 6.54 Å². The smallest absolute Gasteiger partial charge is 0.313 e. The van der Waals surface area contributed by atoms with E-state index >= 15 is 0 Å². The third-order valence-electron chi connectivity index (χ3n) is 4.95. The maximum Gasteiger partial charge on any atom is 0.393 e. The van der Waals surface area contributed by atoms with Gasteiger partial charge in [-0.25, -0.2) is 0 Å². The Morgan fingerprint density at radius 1 is 1.00 bits per heavy atom. The molecule has 1 saturated heterocycles. The van der Waals surface area contributed by atoms with Gasteiger partial charge in [0.2, 0.25) is 0 Å². The van der Waals surface area contributed by atoms with Crippen molar-refractivity contribution in [1.82, 2.24) is 5.32 Å². The number of hydrogen-bond acceptors (Lipinski definition) is 1. The highest BCUT2D eigenvalue weighted by molar-refractivity contribution is 4.87. The molecular weight excluding hydrogens is 239 g/mol. The second-order valence-electron chi connectivity index (χ2n) is 6.02. The van der Waals surface area contributed by atoms with Crippen molar-refractivity contribution in [2.45, 2.75) is 64.1 Å². The fourth-order valence-electron chi connectivity index (χ4n) is 3.56. The Balaban J connectivity index is 1.77. The summed E-state index contributed by atoms with van der Waals surface area (Å²) < 4.78 is 37.7. The van der Waals surface area contributed by atoms with Crippen molar-refractivity contribution in [2.24, 2.45) is 17.8 Å². The molecule has 1 aliphatic carbocycles. The Bertz CT molecular complexity index is 248. The van der Waals surface area contributed by atoms with Gasteiger partial charge in [-0.2, -0.15) is 13.2 Å². The monoisotopic (exact) mass is 263 g/mol. The summed E-state index contributed by atoms with van der Waals surface area (Å²) in [6.45, 7) is 2.36. The predicted molar refractivity (Wildman–Crippen MR) is 66.3 cm³/mol. The van der Waals surface area contributed by atoms with Crippen LogP contribution in [0.3, 0.4) is 0 Å². The molecule has 0 amide bonds. The summed E-state index contributed by atoms with van der Waals surface area (Å²) >= 11 is 0.